The summed E-state index contributed by atoms with van der Waals surface area (Å²) in [5, 5.41) is 0.441. The Morgan fingerprint density at radius 2 is 1.83 bits per heavy atom. The smallest absolute Gasteiger partial charge is 0.408 e. The number of hydroxylamine groups is 3. The molecule has 0 saturated carbocycles. The van der Waals surface area contributed by atoms with Crippen molar-refractivity contribution in [1.29, 1.82) is 0 Å². The van der Waals surface area contributed by atoms with Crippen LogP contribution in [0.5, 0.6) is 5.75 Å². The molecule has 30 heavy (non-hydrogen) atoms. The molecular weight excluding hydrogens is 412 g/mol. The predicted octanol–water partition coefficient (Wildman–Crippen LogP) is 2.79. The molecule has 2 aliphatic rings. The number of nitrogens with two attached hydrogens (primary N) is 2. The molecule has 1 unspecified atom stereocenters. The van der Waals surface area contributed by atoms with Crippen LogP contribution in [0.25, 0.3) is 11.1 Å². The molecule has 1 atom stereocenters. The highest BCUT2D eigenvalue weighted by Crippen LogP contribution is 2.46. The van der Waals surface area contributed by atoms with E-state index in [1.165, 1.54) is 0 Å². The van der Waals surface area contributed by atoms with Gasteiger partial charge < -0.3 is 25.5 Å². The zero-order valence-electron chi connectivity index (χ0n) is 16.4. The molecule has 2 amide bonds. The molecule has 4 rings (SSSR count). The molecule has 160 valence electrons. The van der Waals surface area contributed by atoms with E-state index in [4.69, 9.17) is 37.4 Å². The van der Waals surface area contributed by atoms with E-state index in [1.54, 1.807) is 0 Å². The quantitative estimate of drug-likeness (QED) is 0.715. The standard InChI is InChI=1S/C20H23ClN4O5/c21-18-16(13-4-2-1-3-5-13)17(29-19(22)26)15-12-25(30-20(23)27,9-8-24(15)18)14-6-10-28-11-7-14/h1-5,14H,6-12H2,(H3-,22,23,26,27)/p+1. The fourth-order valence-corrected chi connectivity index (χ4v) is 4.85. The van der Waals surface area contributed by atoms with Gasteiger partial charge in [-0.1, -0.05) is 41.9 Å². The van der Waals surface area contributed by atoms with Crippen LogP contribution in [0.1, 0.15) is 18.5 Å². The van der Waals surface area contributed by atoms with Gasteiger partial charge in [0.1, 0.15) is 23.4 Å². The van der Waals surface area contributed by atoms with Gasteiger partial charge in [-0.15, -0.1) is 4.65 Å². The number of fused-ring (bicyclic) bond motifs is 1. The second-order valence-electron chi connectivity index (χ2n) is 7.47. The van der Waals surface area contributed by atoms with E-state index in [-0.39, 0.29) is 23.0 Å². The summed E-state index contributed by atoms with van der Waals surface area (Å²) in [4.78, 5) is 29.2. The van der Waals surface area contributed by atoms with E-state index in [1.807, 2.05) is 34.9 Å². The number of hydrogen-bond acceptors (Lipinski definition) is 5. The first kappa shape index (κ1) is 20.5. The normalized spacial score (nSPS) is 21.6. The average molecular weight is 436 g/mol. The minimum atomic E-state index is -0.942. The number of benzene rings is 1. The summed E-state index contributed by atoms with van der Waals surface area (Å²) in [6.45, 7) is 2.35. The van der Waals surface area contributed by atoms with Crippen LogP contribution in [0.4, 0.5) is 9.59 Å². The lowest BCUT2D eigenvalue weighted by molar-refractivity contribution is -1.12. The Balaban J connectivity index is 1.83. The number of quaternary nitrogens is 1. The van der Waals surface area contributed by atoms with Crippen LogP contribution in [0.2, 0.25) is 5.15 Å². The summed E-state index contributed by atoms with van der Waals surface area (Å²) in [5.74, 6) is 0.279. The Kier molecular flexibility index (Phi) is 5.59. The maximum atomic E-state index is 11.8. The Morgan fingerprint density at radius 3 is 2.47 bits per heavy atom. The van der Waals surface area contributed by atoms with Crippen LogP contribution < -0.4 is 16.2 Å². The number of carbonyl (C=O) groups is 2. The van der Waals surface area contributed by atoms with Crippen molar-refractivity contribution in [1.82, 2.24) is 4.57 Å². The first-order chi connectivity index (χ1) is 14.4. The second kappa shape index (κ2) is 8.17. The zero-order chi connectivity index (χ0) is 21.3. The van der Waals surface area contributed by atoms with Crippen molar-refractivity contribution in [3.63, 3.8) is 0 Å². The number of aromatic nitrogens is 1. The number of rotatable bonds is 4. The third-order valence-electron chi connectivity index (χ3n) is 5.77. The molecule has 1 aromatic heterocycles. The van der Waals surface area contributed by atoms with Crippen LogP contribution in [0, 0.1) is 0 Å². The van der Waals surface area contributed by atoms with Gasteiger partial charge in [-0.2, -0.15) is 0 Å². The minimum absolute atomic E-state index is 0.00237. The molecule has 3 heterocycles. The maximum Gasteiger partial charge on any atom is 0.459 e. The lowest BCUT2D eigenvalue weighted by Gasteiger charge is -2.44. The lowest BCUT2D eigenvalue weighted by atomic mass is 10.0. The van der Waals surface area contributed by atoms with Crippen molar-refractivity contribution in [3.05, 3.63) is 41.2 Å². The van der Waals surface area contributed by atoms with E-state index in [0.717, 1.165) is 18.4 Å². The topological polar surface area (TPSA) is 119 Å². The number of carbonyl (C=O) groups excluding carboxylic acids is 2. The number of ether oxygens (including phenoxy) is 2. The van der Waals surface area contributed by atoms with Crippen LogP contribution >= 0.6 is 11.6 Å². The van der Waals surface area contributed by atoms with Gasteiger partial charge in [-0.25, -0.2) is 9.59 Å². The summed E-state index contributed by atoms with van der Waals surface area (Å²) in [5.41, 5.74) is 12.8. The van der Waals surface area contributed by atoms with Crippen molar-refractivity contribution >= 4 is 23.8 Å². The Hall–Kier alpha value is -2.75. The molecule has 0 spiro atoms. The van der Waals surface area contributed by atoms with E-state index in [0.29, 0.717) is 42.7 Å². The molecule has 9 nitrogen and oxygen atoms in total. The average Bonchev–Trinajstić information content (AvgIpc) is 2.99. The Morgan fingerprint density at radius 1 is 1.13 bits per heavy atom. The first-order valence-corrected chi connectivity index (χ1v) is 10.2. The van der Waals surface area contributed by atoms with Gasteiger partial charge in [-0.05, 0) is 5.56 Å². The maximum absolute atomic E-state index is 11.8. The third-order valence-corrected chi connectivity index (χ3v) is 6.16. The molecule has 2 aromatic rings. The molecular formula is C20H24ClN4O5+. The highest BCUT2D eigenvalue weighted by atomic mass is 35.5. The summed E-state index contributed by atoms with van der Waals surface area (Å²) >= 11 is 6.72. The number of hydrogen-bond donors (Lipinski definition) is 2. The number of amides is 2. The molecule has 0 aliphatic carbocycles. The van der Waals surface area contributed by atoms with Gasteiger partial charge in [-0.3, -0.25) is 4.84 Å². The van der Waals surface area contributed by atoms with E-state index in [2.05, 4.69) is 0 Å². The van der Waals surface area contributed by atoms with E-state index in [9.17, 15) is 9.59 Å². The molecule has 0 bridgehead atoms. The minimum Gasteiger partial charge on any atom is -0.408 e. The summed E-state index contributed by atoms with van der Waals surface area (Å²) in [7, 11) is 0. The summed E-state index contributed by atoms with van der Waals surface area (Å²) < 4.78 is 12.8. The van der Waals surface area contributed by atoms with Gasteiger partial charge in [0.15, 0.2) is 12.3 Å². The molecule has 2 aliphatic heterocycles. The zero-order valence-corrected chi connectivity index (χ0v) is 17.1. The molecule has 4 N–H and O–H groups in total. The van der Waals surface area contributed by atoms with Crippen molar-refractivity contribution in [2.75, 3.05) is 19.8 Å². The van der Waals surface area contributed by atoms with Crippen molar-refractivity contribution in [2.45, 2.75) is 32.0 Å². The highest BCUT2D eigenvalue weighted by molar-refractivity contribution is 6.33. The molecule has 10 heteroatoms. The number of nitrogens with zero attached hydrogens (tertiary/aromatic N) is 2. The van der Waals surface area contributed by atoms with Crippen LogP contribution in [0.15, 0.2) is 30.3 Å². The highest BCUT2D eigenvalue weighted by Gasteiger charge is 2.48. The van der Waals surface area contributed by atoms with Crippen molar-refractivity contribution in [3.8, 4) is 16.9 Å². The molecule has 0 radical (unpaired) electrons. The summed E-state index contributed by atoms with van der Waals surface area (Å²) in [6.07, 6.45) is -0.352. The lowest BCUT2D eigenvalue weighted by Crippen LogP contribution is -2.61. The Bertz CT molecular complexity index is 958. The van der Waals surface area contributed by atoms with Crippen LogP contribution in [-0.4, -0.2) is 47.2 Å². The fourth-order valence-electron chi connectivity index (χ4n) is 4.47. The van der Waals surface area contributed by atoms with Gasteiger partial charge in [0.05, 0.1) is 25.3 Å². The predicted molar refractivity (Wildman–Crippen MR) is 108 cm³/mol. The monoisotopic (exact) mass is 435 g/mol. The molecule has 1 saturated heterocycles. The largest absolute Gasteiger partial charge is 0.459 e. The fraction of sp³-hybridized carbons (Fsp3) is 0.400. The van der Waals surface area contributed by atoms with E-state index < -0.39 is 12.2 Å². The number of halogens is 1. The summed E-state index contributed by atoms with van der Waals surface area (Å²) in [6, 6.07) is 9.39. The van der Waals surface area contributed by atoms with Crippen LogP contribution in [-0.2, 0) is 22.7 Å². The van der Waals surface area contributed by atoms with Gasteiger partial charge in [0, 0.05) is 12.8 Å². The first-order valence-electron chi connectivity index (χ1n) is 9.78. The van der Waals surface area contributed by atoms with Crippen LogP contribution in [0.3, 0.4) is 0 Å². The molecule has 1 fully saturated rings. The third kappa shape index (κ3) is 3.71. The number of primary amides is 2. The SMILES string of the molecule is NC(=O)Oc1c(-c2ccccc2)c(Cl)n2c1C[N+](OC(N)=O)(C1CCOCC1)CC2. The van der Waals surface area contributed by atoms with Crippen molar-refractivity contribution in [2.24, 2.45) is 11.5 Å². The van der Waals surface area contributed by atoms with Gasteiger partial charge >= 0.3 is 12.2 Å². The van der Waals surface area contributed by atoms with Gasteiger partial charge in [0.25, 0.3) is 0 Å². The second-order valence-corrected chi connectivity index (χ2v) is 7.83. The van der Waals surface area contributed by atoms with Gasteiger partial charge in [0.2, 0.25) is 0 Å². The van der Waals surface area contributed by atoms with E-state index >= 15 is 0 Å². The molecule has 1 aromatic carbocycles. The Labute approximate surface area is 178 Å². The van der Waals surface area contributed by atoms with Crippen molar-refractivity contribution < 1.29 is 28.5 Å².